The molecular weight excluding hydrogens is 1570 g/mol. The molecule has 124 heavy (non-hydrogen) atoms. The lowest BCUT2D eigenvalue weighted by Crippen LogP contribution is -2.45. The minimum absolute atomic E-state index is 0.0150. The van der Waals surface area contributed by atoms with Crippen molar-refractivity contribution in [2.75, 3.05) is 45.0 Å². The van der Waals surface area contributed by atoms with Crippen molar-refractivity contribution in [3.8, 4) is 0 Å². The first-order chi connectivity index (χ1) is 56.6. The van der Waals surface area contributed by atoms with Crippen LogP contribution >= 0.6 is 0 Å². The Hall–Kier alpha value is -0.910. The molecule has 0 bridgehead atoms. The monoisotopic (exact) mass is 1810 g/mol. The van der Waals surface area contributed by atoms with Gasteiger partial charge in [-0.2, -0.15) is 13.2 Å². The van der Waals surface area contributed by atoms with E-state index in [0.29, 0.717) is 109 Å². The molecule has 15 heteroatoms. The van der Waals surface area contributed by atoms with Crippen LogP contribution in [0.4, 0.5) is 13.2 Å². The van der Waals surface area contributed by atoms with Crippen LogP contribution in [0.1, 0.15) is 516 Å². The van der Waals surface area contributed by atoms with Gasteiger partial charge >= 0.3 is 6.18 Å². The maximum Gasteiger partial charge on any atom is 0.396 e. The molecule has 0 aliphatic heterocycles. The molecule has 762 valence electrons. The lowest BCUT2D eigenvalue weighted by Gasteiger charge is -2.37. The summed E-state index contributed by atoms with van der Waals surface area (Å²) in [6.45, 7) is 92.1. The number of carbonyl (C=O) groups is 1. The van der Waals surface area contributed by atoms with E-state index in [-0.39, 0.29) is 68.1 Å². The molecule has 0 radical (unpaired) electrons. The largest absolute Gasteiger partial charge is 0.396 e. The van der Waals surface area contributed by atoms with Gasteiger partial charge in [-0.3, -0.25) is 0 Å². The second-order valence-electron chi connectivity index (χ2n) is 44.1. The average Bonchev–Trinajstić information content (AvgIpc) is 0.790. The van der Waals surface area contributed by atoms with E-state index in [4.69, 9.17) is 10.2 Å². The Morgan fingerprint density at radius 1 is 0.282 bits per heavy atom. The van der Waals surface area contributed by atoms with Gasteiger partial charge in [-0.05, 0) is 219 Å². The summed E-state index contributed by atoms with van der Waals surface area (Å²) < 4.78 is 60.7. The number of alkyl halides is 3. The number of Topliss-reactive ketones (excluding diaryl/α,β-unsaturated/α-hetero) is 1. The molecule has 13 atom stereocenters. The first-order valence-electron chi connectivity index (χ1n) is 51.4. The third kappa shape index (κ3) is 62.5. The van der Waals surface area contributed by atoms with Crippen molar-refractivity contribution in [3.05, 3.63) is 0 Å². The summed E-state index contributed by atoms with van der Waals surface area (Å²) in [6, 6.07) is 0. The molecule has 8 N–H and O–H groups in total. The summed E-state index contributed by atoms with van der Waals surface area (Å²) in [6.07, 6.45) is 33.9. The summed E-state index contributed by atoms with van der Waals surface area (Å²) in [5.74, 6) is 5.31. The number of unbranched alkanes of at least 4 members (excludes halogenated alkanes) is 10. The van der Waals surface area contributed by atoms with E-state index in [1.165, 1.54) is 142 Å². The Morgan fingerprint density at radius 2 is 0.532 bits per heavy atom. The predicted molar refractivity (Wildman–Crippen MR) is 544 cm³/mol. The zero-order chi connectivity index (χ0) is 100. The molecular formula is C109H233F3O11S. The Bertz CT molecular complexity index is 2330. The van der Waals surface area contributed by atoms with Crippen LogP contribution in [-0.4, -0.2) is 125 Å². The van der Waals surface area contributed by atoms with Crippen molar-refractivity contribution in [1.29, 1.82) is 0 Å². The summed E-state index contributed by atoms with van der Waals surface area (Å²) in [5.41, 5.74) is -0.415. The lowest BCUT2D eigenvalue weighted by atomic mass is 9.71. The minimum Gasteiger partial charge on any atom is -0.396 e. The normalized spacial score (nSPS) is 17.4. The highest BCUT2D eigenvalue weighted by Crippen LogP contribution is 2.48. The van der Waals surface area contributed by atoms with Crippen LogP contribution in [0.5, 0.6) is 0 Å². The molecule has 11 unspecified atom stereocenters. The summed E-state index contributed by atoms with van der Waals surface area (Å²) in [5, 5.41) is 74.9. The van der Waals surface area contributed by atoms with Crippen molar-refractivity contribution in [2.45, 2.75) is 541 Å². The van der Waals surface area contributed by atoms with Crippen molar-refractivity contribution in [3.63, 3.8) is 0 Å². The number of hydrogen-bond acceptors (Lipinski definition) is 11. The molecule has 0 saturated carbocycles. The van der Waals surface area contributed by atoms with E-state index in [2.05, 4.69) is 249 Å². The van der Waals surface area contributed by atoms with Crippen LogP contribution in [0.2, 0.25) is 0 Å². The van der Waals surface area contributed by atoms with E-state index >= 15 is 0 Å². The number of carbonyl (C=O) groups excluding carboxylic acids is 1. The van der Waals surface area contributed by atoms with Gasteiger partial charge in [0.05, 0.1) is 36.1 Å². The van der Waals surface area contributed by atoms with Crippen molar-refractivity contribution in [1.82, 2.24) is 0 Å². The van der Waals surface area contributed by atoms with Crippen LogP contribution in [0.25, 0.3) is 0 Å². The van der Waals surface area contributed by atoms with E-state index in [9.17, 15) is 57.0 Å². The minimum atomic E-state index is -4.31. The molecule has 0 aromatic heterocycles. The highest BCUT2D eigenvalue weighted by atomic mass is 32.2. The van der Waals surface area contributed by atoms with Crippen molar-refractivity contribution < 1.29 is 67.2 Å². The fourth-order valence-electron chi connectivity index (χ4n) is 15.0. The zero-order valence-electron chi connectivity index (χ0n) is 92.1. The van der Waals surface area contributed by atoms with Gasteiger partial charge in [0.15, 0.2) is 0 Å². The maximum absolute atomic E-state index is 12.8. The van der Waals surface area contributed by atoms with Gasteiger partial charge < -0.3 is 45.6 Å². The number of aliphatic hydroxyl groups is 8. The molecule has 0 saturated heterocycles. The Labute approximate surface area is 777 Å². The van der Waals surface area contributed by atoms with E-state index in [1.807, 2.05) is 27.7 Å². The number of hydrogen-bond donors (Lipinski definition) is 8. The number of ketones is 1. The molecule has 0 amide bonds. The topological polar surface area (TPSA) is 213 Å². The SMILES string of the molecule is CCCC(C)(CO)C(C)C.CCCCC(C)(C(C)C)C(C)O.CCCCC(C)(C(C)C)[C@@H](C)O.CCCCC(C)(C(C)C)[C@H](C)O.CCCCC(C)(CCC(C)=O)C(C)C.CCCCC(C)(CCS(C)(=O)=O)C(C)C.CCCCC(C)(CO)C(C)C.CCCCC(CC)(CO)C(C)C.CCCCC(CO)(C(C)C)C(F)(F)F.CCCCCC(C)(CO)C(C)C. The van der Waals surface area contributed by atoms with Gasteiger partial charge in [-0.25, -0.2) is 8.42 Å². The molecule has 0 spiro atoms. The van der Waals surface area contributed by atoms with Crippen LogP contribution in [0, 0.1) is 113 Å². The molecule has 0 aliphatic rings. The average molecular weight is 1810 g/mol. The number of halogens is 3. The standard InChI is InChI=1S/C13H26O.C12H26O2S.5C11H24O.C10H19F3O.C10H22O.C9H20O/c1-6-7-9-13(5,11(2)3)10-8-12(4)14;1-6-7-8-12(4,11(2)3)9-10-15(5,13)14;3*1-6-7-8-11(5,9(2)3)10(4)12;1-5-6-7-8-11(4,9-12)10(2)3;1-5-7-8-11(6-2,9-12)10(3)4;1-4-5-6-9(7-14,8(2)3)10(11,12)13;1-5-6-7-10(4,8-11)9(2)3;1-5-6-9(4,7-10)8(2)3/h11H,6-10H2,1-5H3;11H,6-10H2,1-5H3;3*9-10,12H,6-8H2,1-5H3;2*10,12H,5-9H2,1-4H3;8,14H,4-7H2,1-3H3;9,11H,5-8H2,1-4H3;8,10H,5-7H2,1-4H3/t;;2*10-,11?;;;;;;/m..10....../s1. The summed E-state index contributed by atoms with van der Waals surface area (Å²) in [7, 11) is -2.82. The number of aliphatic hydroxyl groups excluding tert-OH is 8. The highest BCUT2D eigenvalue weighted by Gasteiger charge is 2.55. The van der Waals surface area contributed by atoms with E-state index in [1.54, 1.807) is 6.92 Å². The van der Waals surface area contributed by atoms with Crippen molar-refractivity contribution in [2.24, 2.45) is 113 Å². The van der Waals surface area contributed by atoms with Crippen LogP contribution in [-0.2, 0) is 14.6 Å². The van der Waals surface area contributed by atoms with Gasteiger partial charge in [-0.15, -0.1) is 0 Å². The third-order valence-corrected chi connectivity index (χ3v) is 32.8. The summed E-state index contributed by atoms with van der Waals surface area (Å²) in [4.78, 5) is 11.0. The molecule has 0 aliphatic carbocycles. The van der Waals surface area contributed by atoms with E-state index < -0.39 is 34.0 Å². The maximum atomic E-state index is 12.8. The van der Waals surface area contributed by atoms with Crippen LogP contribution in [0.3, 0.4) is 0 Å². The third-order valence-electron chi connectivity index (χ3n) is 31.8. The van der Waals surface area contributed by atoms with Gasteiger partial charge in [0.2, 0.25) is 0 Å². The fourth-order valence-corrected chi connectivity index (χ4v) is 15.9. The molecule has 0 aromatic carbocycles. The fraction of sp³-hybridized carbons (Fsp3) is 0.991. The second-order valence-corrected chi connectivity index (χ2v) is 46.4. The van der Waals surface area contributed by atoms with Gasteiger partial charge in [0.1, 0.15) is 15.6 Å². The first-order valence-corrected chi connectivity index (χ1v) is 53.5. The highest BCUT2D eigenvalue weighted by molar-refractivity contribution is 7.90. The predicted octanol–water partition coefficient (Wildman–Crippen LogP) is 32.2. The van der Waals surface area contributed by atoms with Gasteiger partial charge in [0.25, 0.3) is 0 Å². The molecule has 0 fully saturated rings. The quantitative estimate of drug-likeness (QED) is 0.0268. The summed E-state index contributed by atoms with van der Waals surface area (Å²) >= 11 is 0. The molecule has 0 rings (SSSR count). The van der Waals surface area contributed by atoms with Crippen LogP contribution < -0.4 is 0 Å². The molecule has 0 aromatic rings. The second kappa shape index (κ2) is 76.4. The van der Waals surface area contributed by atoms with E-state index in [0.717, 1.165) is 77.0 Å². The van der Waals surface area contributed by atoms with Gasteiger partial charge in [-0.1, -0.05) is 398 Å². The molecule has 11 nitrogen and oxygen atoms in total. The molecule has 0 heterocycles. The van der Waals surface area contributed by atoms with Crippen molar-refractivity contribution >= 4 is 15.6 Å². The zero-order valence-corrected chi connectivity index (χ0v) is 93.0. The number of sulfone groups is 1. The smallest absolute Gasteiger partial charge is 0.396 e. The Morgan fingerprint density at radius 3 is 0.718 bits per heavy atom. The lowest BCUT2D eigenvalue weighted by molar-refractivity contribution is -0.254. The Kier molecular flexibility index (Phi) is 88.4. The van der Waals surface area contributed by atoms with Crippen LogP contribution in [0.15, 0.2) is 0 Å². The first kappa shape index (κ1) is 143. The van der Waals surface area contributed by atoms with Gasteiger partial charge in [0, 0.05) is 39.1 Å². The number of rotatable bonds is 55. The Balaban J connectivity index is -0.000000146.